The van der Waals surface area contributed by atoms with E-state index in [0.29, 0.717) is 27.8 Å². The Morgan fingerprint density at radius 3 is 2.88 bits per heavy atom. The molecule has 0 saturated heterocycles. The zero-order valence-electron chi connectivity index (χ0n) is 16.4. The summed E-state index contributed by atoms with van der Waals surface area (Å²) < 4.78 is 30.4. The summed E-state index contributed by atoms with van der Waals surface area (Å²) in [6.45, 7) is -5.35. The summed E-state index contributed by atoms with van der Waals surface area (Å²) in [7, 11) is 0. The Labute approximate surface area is 150 Å². The molecule has 3 N–H and O–H groups in total. The van der Waals surface area contributed by atoms with Crippen molar-refractivity contribution in [2.24, 2.45) is 0 Å². The molecule has 2 aromatic heterocycles. The maximum absolute atomic E-state index is 9.35. The number of nitrogens with one attached hydrogen (secondary N) is 2. The number of halogens is 1. The van der Waals surface area contributed by atoms with Crippen molar-refractivity contribution in [3.63, 3.8) is 0 Å². The standard InChI is InChI=1S/C16H17ClN6O/c17-14-10-19-16(21-13-9-20-23(11-13)6-7-24)22-15(14)18-8-12-4-2-1-3-5-12/h1-5,9-11,24H,6-8H2,(H2,18,19,21,22)/i6D2,7D2. The molecule has 0 saturated carbocycles. The van der Waals surface area contributed by atoms with Gasteiger partial charge in [-0.15, -0.1) is 0 Å². The average molecular weight is 349 g/mol. The average Bonchev–Trinajstić information content (AvgIpc) is 3.11. The lowest BCUT2D eigenvalue weighted by Gasteiger charge is -2.09. The predicted octanol–water partition coefficient (Wildman–Crippen LogP) is 2.67. The Kier molecular flexibility index (Phi) is 3.82. The SMILES string of the molecule is [2H]C([2H])(O)C([2H])([2H])n1cc(Nc2ncc(Cl)c(NCc3ccccc3)n2)cn1. The molecule has 0 bridgehead atoms. The van der Waals surface area contributed by atoms with Crippen molar-refractivity contribution in [1.29, 1.82) is 0 Å². The second kappa shape index (κ2) is 7.76. The van der Waals surface area contributed by atoms with Crippen LogP contribution in [0.2, 0.25) is 5.02 Å². The van der Waals surface area contributed by atoms with Gasteiger partial charge in [0.05, 0.1) is 36.6 Å². The van der Waals surface area contributed by atoms with Crippen molar-refractivity contribution in [1.82, 2.24) is 19.7 Å². The summed E-state index contributed by atoms with van der Waals surface area (Å²) in [6.07, 6.45) is 3.88. The van der Waals surface area contributed by atoms with E-state index in [-0.39, 0.29) is 5.95 Å². The fourth-order valence-electron chi connectivity index (χ4n) is 1.96. The zero-order chi connectivity index (χ0) is 20.4. The van der Waals surface area contributed by atoms with Gasteiger partial charge in [-0.1, -0.05) is 41.9 Å². The Hall–Kier alpha value is -2.64. The molecule has 1 aromatic carbocycles. The minimum absolute atomic E-state index is 0.187. The maximum Gasteiger partial charge on any atom is 0.229 e. The molecule has 0 radical (unpaired) electrons. The minimum Gasteiger partial charge on any atom is -0.394 e. The van der Waals surface area contributed by atoms with E-state index < -0.39 is 13.1 Å². The summed E-state index contributed by atoms with van der Waals surface area (Å²) in [5.74, 6) is 0.601. The Balaban J connectivity index is 1.73. The van der Waals surface area contributed by atoms with Crippen LogP contribution in [0, 0.1) is 0 Å². The van der Waals surface area contributed by atoms with Gasteiger partial charge in [0.15, 0.2) is 5.82 Å². The lowest BCUT2D eigenvalue weighted by atomic mass is 10.2. The molecule has 3 rings (SSSR count). The van der Waals surface area contributed by atoms with Crippen LogP contribution in [0.25, 0.3) is 0 Å². The van der Waals surface area contributed by atoms with Gasteiger partial charge in [0.25, 0.3) is 0 Å². The molecule has 8 heteroatoms. The summed E-state index contributed by atoms with van der Waals surface area (Å²) >= 11 is 6.13. The largest absolute Gasteiger partial charge is 0.394 e. The third-order valence-electron chi connectivity index (χ3n) is 3.05. The second-order valence-corrected chi connectivity index (χ2v) is 5.16. The van der Waals surface area contributed by atoms with Gasteiger partial charge in [-0.2, -0.15) is 10.1 Å². The number of nitrogens with zero attached hydrogens (tertiary/aromatic N) is 4. The molecule has 0 atom stereocenters. The van der Waals surface area contributed by atoms with Crippen LogP contribution in [0.4, 0.5) is 17.5 Å². The van der Waals surface area contributed by atoms with Crippen LogP contribution >= 0.6 is 11.6 Å². The summed E-state index contributed by atoms with van der Waals surface area (Å²) in [4.78, 5) is 8.34. The topological polar surface area (TPSA) is 87.9 Å². The quantitative estimate of drug-likeness (QED) is 0.608. The van der Waals surface area contributed by atoms with Gasteiger partial charge in [-0.3, -0.25) is 4.68 Å². The van der Waals surface area contributed by atoms with Crippen molar-refractivity contribution >= 4 is 29.1 Å². The fourth-order valence-corrected chi connectivity index (χ4v) is 2.12. The molecule has 124 valence electrons. The lowest BCUT2D eigenvalue weighted by molar-refractivity contribution is 0.269. The third kappa shape index (κ3) is 4.21. The van der Waals surface area contributed by atoms with Gasteiger partial charge in [0, 0.05) is 12.7 Å². The predicted molar refractivity (Wildman–Crippen MR) is 93.4 cm³/mol. The molecule has 3 aromatic rings. The van der Waals surface area contributed by atoms with Gasteiger partial charge in [0.1, 0.15) is 5.02 Å². The molecule has 0 fully saturated rings. The highest BCUT2D eigenvalue weighted by Gasteiger charge is 2.07. The number of hydrogen-bond donors (Lipinski definition) is 3. The minimum atomic E-state index is -3.11. The molecule has 0 unspecified atom stereocenters. The number of aliphatic hydroxyl groups is 1. The van der Waals surface area contributed by atoms with E-state index in [1.54, 1.807) is 0 Å². The van der Waals surface area contributed by atoms with Crippen LogP contribution in [0.1, 0.15) is 11.0 Å². The van der Waals surface area contributed by atoms with E-state index >= 15 is 0 Å². The zero-order valence-corrected chi connectivity index (χ0v) is 13.2. The highest BCUT2D eigenvalue weighted by Crippen LogP contribution is 2.21. The first kappa shape index (κ1) is 11.8. The first-order valence-electron chi connectivity index (χ1n) is 9.02. The van der Waals surface area contributed by atoms with Gasteiger partial charge >= 0.3 is 0 Å². The lowest BCUT2D eigenvalue weighted by Crippen LogP contribution is -2.05. The van der Waals surface area contributed by atoms with Gasteiger partial charge in [-0.05, 0) is 5.56 Å². The molecule has 7 nitrogen and oxygen atoms in total. The van der Waals surface area contributed by atoms with Crippen molar-refractivity contribution in [3.05, 3.63) is 59.5 Å². The van der Waals surface area contributed by atoms with Crippen LogP contribution in [0.5, 0.6) is 0 Å². The molecule has 0 aliphatic heterocycles. The molecule has 0 aliphatic carbocycles. The van der Waals surface area contributed by atoms with Gasteiger partial charge in [0.2, 0.25) is 5.95 Å². The third-order valence-corrected chi connectivity index (χ3v) is 3.33. The second-order valence-electron chi connectivity index (χ2n) is 4.75. The van der Waals surface area contributed by atoms with Crippen molar-refractivity contribution < 1.29 is 10.6 Å². The summed E-state index contributed by atoms with van der Waals surface area (Å²) in [5.41, 5.74) is 1.36. The first-order chi connectivity index (χ1) is 13.2. The number of hydrogen-bond acceptors (Lipinski definition) is 6. The number of rotatable bonds is 7. The normalized spacial score (nSPS) is 14.2. The van der Waals surface area contributed by atoms with Crippen molar-refractivity contribution in [3.8, 4) is 0 Å². The fraction of sp³-hybridized carbons (Fsp3) is 0.188. The summed E-state index contributed by atoms with van der Waals surface area (Å²) in [5, 5.41) is 19.4. The molecule has 0 aliphatic rings. The first-order valence-corrected chi connectivity index (χ1v) is 7.39. The Morgan fingerprint density at radius 2 is 2.08 bits per heavy atom. The van der Waals surface area contributed by atoms with Crippen molar-refractivity contribution in [2.75, 3.05) is 17.2 Å². The van der Waals surface area contributed by atoms with Crippen LogP contribution in [0.3, 0.4) is 0 Å². The number of benzene rings is 1. The molecule has 0 spiro atoms. The Bertz CT molecular complexity index is 948. The highest BCUT2D eigenvalue weighted by atomic mass is 35.5. The molecule has 0 amide bonds. The number of anilines is 3. The maximum atomic E-state index is 9.35. The molecule has 24 heavy (non-hydrogen) atoms. The molecule has 2 heterocycles. The number of aromatic nitrogens is 4. The highest BCUT2D eigenvalue weighted by molar-refractivity contribution is 6.32. The van der Waals surface area contributed by atoms with E-state index in [9.17, 15) is 5.11 Å². The van der Waals surface area contributed by atoms with E-state index in [1.165, 1.54) is 18.6 Å². The smallest absolute Gasteiger partial charge is 0.229 e. The molecular formula is C16H17ClN6O. The van der Waals surface area contributed by atoms with E-state index in [1.807, 2.05) is 30.3 Å². The van der Waals surface area contributed by atoms with Crippen LogP contribution in [-0.4, -0.2) is 31.4 Å². The van der Waals surface area contributed by atoms with Crippen molar-refractivity contribution in [2.45, 2.75) is 13.0 Å². The molecular weight excluding hydrogens is 328 g/mol. The monoisotopic (exact) mass is 348 g/mol. The van der Waals surface area contributed by atoms with Gasteiger partial charge < -0.3 is 15.7 Å². The van der Waals surface area contributed by atoms with Crippen LogP contribution < -0.4 is 10.6 Å². The van der Waals surface area contributed by atoms with E-state index in [2.05, 4.69) is 25.7 Å². The van der Waals surface area contributed by atoms with Crippen LogP contribution in [-0.2, 0) is 13.0 Å². The Morgan fingerprint density at radius 1 is 1.25 bits per heavy atom. The number of aryl methyl sites for hydroxylation is 1. The van der Waals surface area contributed by atoms with Gasteiger partial charge in [-0.25, -0.2) is 4.98 Å². The van der Waals surface area contributed by atoms with Crippen LogP contribution in [0.15, 0.2) is 48.9 Å². The van der Waals surface area contributed by atoms with E-state index in [4.69, 9.17) is 17.1 Å². The van der Waals surface area contributed by atoms with E-state index in [0.717, 1.165) is 5.56 Å². The summed E-state index contributed by atoms with van der Waals surface area (Å²) in [6, 6.07) is 9.70.